The number of rotatable bonds is 8. The molecule has 0 bridgehead atoms. The lowest BCUT2D eigenvalue weighted by molar-refractivity contribution is -0.116. The number of hydrogen-bond donors (Lipinski definition) is 1. The number of halogens is 1. The van der Waals surface area contributed by atoms with Crippen LogP contribution in [0.3, 0.4) is 0 Å². The third-order valence-electron chi connectivity index (χ3n) is 3.68. The van der Waals surface area contributed by atoms with E-state index in [0.717, 1.165) is 21.4 Å². The van der Waals surface area contributed by atoms with Gasteiger partial charge in [0.05, 0.1) is 26.5 Å². The standard InChI is InChI=1S/C18H21BrN2O5S/c1-5-26-17(23)16-10(2)20-18(27-16)21-15(22)7-6-11-8-13(24-3)14(25-4)9-12(11)19/h8-9H,5-7H2,1-4H3,(H,20,21,22). The molecule has 7 nitrogen and oxygen atoms in total. The Morgan fingerprint density at radius 3 is 2.52 bits per heavy atom. The summed E-state index contributed by atoms with van der Waals surface area (Å²) in [6, 6.07) is 3.64. The minimum absolute atomic E-state index is 0.194. The maximum atomic E-state index is 12.3. The van der Waals surface area contributed by atoms with E-state index in [-0.39, 0.29) is 18.9 Å². The molecule has 1 heterocycles. The number of esters is 1. The highest BCUT2D eigenvalue weighted by Gasteiger charge is 2.18. The minimum atomic E-state index is -0.428. The molecule has 0 unspecified atom stereocenters. The summed E-state index contributed by atoms with van der Waals surface area (Å²) in [6.45, 7) is 3.74. The maximum Gasteiger partial charge on any atom is 0.350 e. The molecule has 0 aliphatic heterocycles. The van der Waals surface area contributed by atoms with Crippen molar-refractivity contribution < 1.29 is 23.8 Å². The van der Waals surface area contributed by atoms with Crippen molar-refractivity contribution in [1.82, 2.24) is 4.98 Å². The van der Waals surface area contributed by atoms with E-state index in [0.29, 0.717) is 33.6 Å². The first kappa shape index (κ1) is 21.2. The van der Waals surface area contributed by atoms with Crippen LogP contribution in [0.4, 0.5) is 5.13 Å². The van der Waals surface area contributed by atoms with Crippen LogP contribution in [0.5, 0.6) is 11.5 Å². The van der Waals surface area contributed by atoms with Gasteiger partial charge in [-0.15, -0.1) is 0 Å². The molecule has 1 aromatic heterocycles. The lowest BCUT2D eigenvalue weighted by Gasteiger charge is -2.11. The minimum Gasteiger partial charge on any atom is -0.493 e. The van der Waals surface area contributed by atoms with E-state index in [4.69, 9.17) is 14.2 Å². The average Bonchev–Trinajstić information content (AvgIpc) is 3.00. The van der Waals surface area contributed by atoms with Gasteiger partial charge >= 0.3 is 5.97 Å². The zero-order chi connectivity index (χ0) is 20.0. The summed E-state index contributed by atoms with van der Waals surface area (Å²) in [4.78, 5) is 28.7. The molecule has 0 aliphatic carbocycles. The number of aryl methyl sites for hydroxylation is 2. The molecule has 0 saturated carbocycles. The highest BCUT2D eigenvalue weighted by atomic mass is 79.9. The van der Waals surface area contributed by atoms with Gasteiger partial charge in [-0.1, -0.05) is 27.3 Å². The molecule has 146 valence electrons. The number of thiazole rings is 1. The molecule has 1 aromatic carbocycles. The van der Waals surface area contributed by atoms with Gasteiger partial charge in [-0.2, -0.15) is 0 Å². The molecule has 1 N–H and O–H groups in total. The van der Waals surface area contributed by atoms with Gasteiger partial charge in [-0.25, -0.2) is 9.78 Å². The second kappa shape index (κ2) is 9.70. The molecule has 0 saturated heterocycles. The van der Waals surface area contributed by atoms with Crippen molar-refractivity contribution in [2.75, 3.05) is 26.1 Å². The zero-order valence-corrected chi connectivity index (χ0v) is 18.0. The monoisotopic (exact) mass is 456 g/mol. The molecule has 27 heavy (non-hydrogen) atoms. The fourth-order valence-electron chi connectivity index (χ4n) is 2.35. The lowest BCUT2D eigenvalue weighted by Crippen LogP contribution is -2.12. The zero-order valence-electron chi connectivity index (χ0n) is 15.6. The normalized spacial score (nSPS) is 10.4. The van der Waals surface area contributed by atoms with Crippen LogP contribution in [0.2, 0.25) is 0 Å². The maximum absolute atomic E-state index is 12.3. The molecule has 9 heteroatoms. The molecular weight excluding hydrogens is 436 g/mol. The number of anilines is 1. The van der Waals surface area contributed by atoms with E-state index in [1.165, 1.54) is 0 Å². The summed E-state index contributed by atoms with van der Waals surface area (Å²) in [5, 5.41) is 3.11. The fraction of sp³-hybridized carbons (Fsp3) is 0.389. The van der Waals surface area contributed by atoms with Crippen molar-refractivity contribution in [3.8, 4) is 11.5 Å². The number of ether oxygens (including phenoxy) is 3. The van der Waals surface area contributed by atoms with Gasteiger partial charge in [0.15, 0.2) is 16.6 Å². The third-order valence-corrected chi connectivity index (χ3v) is 5.47. The molecule has 0 fully saturated rings. The summed E-state index contributed by atoms with van der Waals surface area (Å²) in [5.41, 5.74) is 1.46. The number of nitrogens with zero attached hydrogens (tertiary/aromatic N) is 1. The Morgan fingerprint density at radius 1 is 1.22 bits per heavy atom. The Balaban J connectivity index is 2.01. The number of hydrogen-bond acceptors (Lipinski definition) is 7. The lowest BCUT2D eigenvalue weighted by atomic mass is 10.1. The largest absolute Gasteiger partial charge is 0.493 e. The molecule has 0 radical (unpaired) electrons. The van der Waals surface area contributed by atoms with E-state index in [9.17, 15) is 9.59 Å². The number of nitrogens with one attached hydrogen (secondary N) is 1. The molecule has 0 atom stereocenters. The Morgan fingerprint density at radius 2 is 1.89 bits per heavy atom. The van der Waals surface area contributed by atoms with Gasteiger partial charge in [0.25, 0.3) is 0 Å². The van der Waals surface area contributed by atoms with Gasteiger partial charge in [-0.05, 0) is 38.0 Å². The van der Waals surface area contributed by atoms with E-state index >= 15 is 0 Å². The Labute approximate surface area is 170 Å². The number of aromatic nitrogens is 1. The Bertz CT molecular complexity index is 837. The Kier molecular flexibility index (Phi) is 7.61. The summed E-state index contributed by atoms with van der Waals surface area (Å²) in [6.07, 6.45) is 0.753. The van der Waals surface area contributed by atoms with E-state index in [1.807, 2.05) is 12.1 Å². The van der Waals surface area contributed by atoms with Gasteiger partial charge in [0.2, 0.25) is 5.91 Å². The van der Waals surface area contributed by atoms with Crippen molar-refractivity contribution in [3.63, 3.8) is 0 Å². The highest BCUT2D eigenvalue weighted by molar-refractivity contribution is 9.10. The van der Waals surface area contributed by atoms with Crippen LogP contribution in [0.1, 0.15) is 34.3 Å². The van der Waals surface area contributed by atoms with Crippen molar-refractivity contribution in [2.24, 2.45) is 0 Å². The fourth-order valence-corrected chi connectivity index (χ4v) is 3.75. The van der Waals surface area contributed by atoms with Crippen LogP contribution in [-0.2, 0) is 16.0 Å². The first-order valence-corrected chi connectivity index (χ1v) is 9.85. The van der Waals surface area contributed by atoms with E-state index in [2.05, 4.69) is 26.2 Å². The van der Waals surface area contributed by atoms with Gasteiger partial charge in [0, 0.05) is 10.9 Å². The smallest absolute Gasteiger partial charge is 0.350 e. The molecule has 0 spiro atoms. The second-order valence-electron chi connectivity index (χ2n) is 5.50. The first-order chi connectivity index (χ1) is 12.9. The molecule has 1 amide bonds. The summed E-state index contributed by atoms with van der Waals surface area (Å²) in [7, 11) is 3.13. The first-order valence-electron chi connectivity index (χ1n) is 8.24. The van der Waals surface area contributed by atoms with Crippen molar-refractivity contribution in [1.29, 1.82) is 0 Å². The van der Waals surface area contributed by atoms with Crippen LogP contribution in [0.15, 0.2) is 16.6 Å². The van der Waals surface area contributed by atoms with Crippen LogP contribution in [-0.4, -0.2) is 37.7 Å². The van der Waals surface area contributed by atoms with Crippen molar-refractivity contribution in [3.05, 3.63) is 32.7 Å². The molecule has 2 aromatic rings. The highest BCUT2D eigenvalue weighted by Crippen LogP contribution is 2.34. The molecule has 2 rings (SSSR count). The summed E-state index contributed by atoms with van der Waals surface area (Å²) in [5.74, 6) is 0.594. The quantitative estimate of drug-likeness (QED) is 0.604. The number of methoxy groups -OCH3 is 2. The number of carbonyl (C=O) groups excluding carboxylic acids is 2. The van der Waals surface area contributed by atoms with Crippen LogP contribution >= 0.6 is 27.3 Å². The average molecular weight is 457 g/mol. The van der Waals surface area contributed by atoms with E-state index in [1.54, 1.807) is 28.1 Å². The van der Waals surface area contributed by atoms with Crippen LogP contribution < -0.4 is 14.8 Å². The topological polar surface area (TPSA) is 86.8 Å². The SMILES string of the molecule is CCOC(=O)c1sc(NC(=O)CCc2cc(OC)c(OC)cc2Br)nc1C. The predicted molar refractivity (Wildman–Crippen MR) is 107 cm³/mol. The van der Waals surface area contributed by atoms with Crippen molar-refractivity contribution in [2.45, 2.75) is 26.7 Å². The molecular formula is C18H21BrN2O5S. The van der Waals surface area contributed by atoms with Crippen LogP contribution in [0.25, 0.3) is 0 Å². The van der Waals surface area contributed by atoms with Gasteiger partial charge in [0.1, 0.15) is 4.88 Å². The number of benzene rings is 1. The van der Waals surface area contributed by atoms with Crippen LogP contribution in [0, 0.1) is 6.92 Å². The Hall–Kier alpha value is -2.13. The molecule has 0 aliphatic rings. The summed E-state index contributed by atoms with van der Waals surface area (Å²) < 4.78 is 16.4. The second-order valence-corrected chi connectivity index (χ2v) is 7.35. The van der Waals surface area contributed by atoms with Crippen molar-refractivity contribution >= 4 is 44.3 Å². The van der Waals surface area contributed by atoms with Gasteiger partial charge in [-0.3, -0.25) is 4.79 Å². The number of carbonyl (C=O) groups is 2. The van der Waals surface area contributed by atoms with E-state index < -0.39 is 5.97 Å². The van der Waals surface area contributed by atoms with Gasteiger partial charge < -0.3 is 19.5 Å². The number of amides is 1. The third kappa shape index (κ3) is 5.43. The predicted octanol–water partition coefficient (Wildman–Crippen LogP) is 3.98. The summed E-state index contributed by atoms with van der Waals surface area (Å²) >= 11 is 4.59.